The van der Waals surface area contributed by atoms with Crippen molar-refractivity contribution >= 4 is 52.2 Å². The van der Waals surface area contributed by atoms with Gasteiger partial charge in [0.05, 0.1) is 23.6 Å². The Morgan fingerprint density at radius 1 is 1.00 bits per heavy atom. The Balaban J connectivity index is 1.50. The molecule has 0 aromatic heterocycles. The summed E-state index contributed by atoms with van der Waals surface area (Å²) in [6, 6.07) is 16.3. The third-order valence-corrected chi connectivity index (χ3v) is 6.72. The van der Waals surface area contributed by atoms with Crippen LogP contribution in [0.1, 0.15) is 11.1 Å². The fraction of sp³-hybridized carbons (Fsp3) is 0.154. The maximum absolute atomic E-state index is 14.2. The van der Waals surface area contributed by atoms with Crippen molar-refractivity contribution in [3.8, 4) is 17.2 Å². The van der Waals surface area contributed by atoms with Gasteiger partial charge in [-0.05, 0) is 60.3 Å². The molecule has 10 heteroatoms. The maximum atomic E-state index is 14.2. The number of thioether (sulfide) groups is 1. The summed E-state index contributed by atoms with van der Waals surface area (Å²) < 4.78 is 31.1. The predicted molar refractivity (Wildman–Crippen MR) is 138 cm³/mol. The van der Waals surface area contributed by atoms with E-state index in [4.69, 9.17) is 37.4 Å². The van der Waals surface area contributed by atoms with E-state index in [-0.39, 0.29) is 41.0 Å². The third kappa shape index (κ3) is 5.95. The molecule has 3 aromatic carbocycles. The number of rotatable bonds is 9. The van der Waals surface area contributed by atoms with Crippen molar-refractivity contribution in [1.82, 2.24) is 4.90 Å². The van der Waals surface area contributed by atoms with E-state index < -0.39 is 17.0 Å². The topological polar surface area (TPSA) is 65.1 Å². The van der Waals surface area contributed by atoms with Gasteiger partial charge in [0.25, 0.3) is 11.1 Å². The molecule has 1 saturated heterocycles. The van der Waals surface area contributed by atoms with E-state index in [1.54, 1.807) is 54.6 Å². The molecule has 2 amide bonds. The van der Waals surface area contributed by atoms with Crippen molar-refractivity contribution in [3.63, 3.8) is 0 Å². The van der Waals surface area contributed by atoms with E-state index in [0.717, 1.165) is 16.7 Å². The number of carbonyl (C=O) groups excluding carboxylic acids is 2. The first kappa shape index (κ1) is 25.9. The molecular formula is C26H20Cl2FNO5S. The van der Waals surface area contributed by atoms with Gasteiger partial charge >= 0.3 is 0 Å². The summed E-state index contributed by atoms with van der Waals surface area (Å²) >= 11 is 12.8. The van der Waals surface area contributed by atoms with Crippen molar-refractivity contribution in [1.29, 1.82) is 0 Å². The van der Waals surface area contributed by atoms with Crippen LogP contribution in [0.3, 0.4) is 0 Å². The smallest absolute Gasteiger partial charge is 0.293 e. The average molecular weight is 548 g/mol. The van der Waals surface area contributed by atoms with Crippen LogP contribution in [-0.4, -0.2) is 36.3 Å². The summed E-state index contributed by atoms with van der Waals surface area (Å²) in [5.41, 5.74) is 0.682. The molecule has 0 unspecified atom stereocenters. The van der Waals surface area contributed by atoms with Gasteiger partial charge in [0.1, 0.15) is 24.8 Å². The molecule has 0 radical (unpaired) electrons. The lowest BCUT2D eigenvalue weighted by molar-refractivity contribution is -0.123. The van der Waals surface area contributed by atoms with Crippen LogP contribution >= 0.6 is 35.0 Å². The zero-order valence-corrected chi connectivity index (χ0v) is 21.3. The number of nitrogens with zero attached hydrogens (tertiary/aromatic N) is 1. The van der Waals surface area contributed by atoms with Crippen LogP contribution in [0.4, 0.5) is 9.18 Å². The predicted octanol–water partition coefficient (Wildman–Crippen LogP) is 6.84. The molecule has 0 spiro atoms. The second kappa shape index (κ2) is 11.7. The van der Waals surface area contributed by atoms with Crippen LogP contribution in [-0.2, 0) is 11.4 Å². The van der Waals surface area contributed by atoms with Crippen molar-refractivity contribution in [2.45, 2.75) is 6.61 Å². The number of hydrogen-bond acceptors (Lipinski definition) is 6. The first-order chi connectivity index (χ1) is 17.4. The van der Waals surface area contributed by atoms with Gasteiger partial charge in [0.2, 0.25) is 0 Å². The Labute approximate surface area is 221 Å². The average Bonchev–Trinajstić information content (AvgIpc) is 3.12. The summed E-state index contributed by atoms with van der Waals surface area (Å²) in [6.07, 6.45) is 1.55. The number of amides is 2. The molecule has 1 aliphatic rings. The fourth-order valence-corrected chi connectivity index (χ4v) is 4.60. The van der Waals surface area contributed by atoms with Crippen LogP contribution in [0.15, 0.2) is 65.6 Å². The Morgan fingerprint density at radius 2 is 1.75 bits per heavy atom. The zero-order chi connectivity index (χ0) is 25.7. The minimum Gasteiger partial charge on any atom is -0.493 e. The second-order valence-electron chi connectivity index (χ2n) is 7.50. The number of para-hydroxylation sites is 1. The lowest BCUT2D eigenvalue weighted by Gasteiger charge is -2.15. The number of halogens is 3. The molecule has 0 saturated carbocycles. The van der Waals surface area contributed by atoms with Crippen molar-refractivity contribution < 1.29 is 28.2 Å². The molecular weight excluding hydrogens is 528 g/mol. The van der Waals surface area contributed by atoms with E-state index in [0.29, 0.717) is 22.1 Å². The Kier molecular flexibility index (Phi) is 8.40. The number of carbonyl (C=O) groups is 2. The number of imide groups is 1. The standard InChI is InChI=1S/C26H20Cl2FNO5S/c1-33-22-7-2-4-16(24(22)35-15-19-20(28)5-3-6-21(19)29)14-23-25(31)30(26(32)36-23)12-13-34-18-10-8-17(27)9-11-18/h2-11,14H,12-13,15H2,1H3/b23-14-. The zero-order valence-electron chi connectivity index (χ0n) is 19.0. The Hall–Kier alpha value is -3.20. The molecule has 1 aliphatic heterocycles. The largest absolute Gasteiger partial charge is 0.493 e. The highest BCUT2D eigenvalue weighted by molar-refractivity contribution is 8.18. The van der Waals surface area contributed by atoms with Gasteiger partial charge in [0, 0.05) is 16.1 Å². The molecule has 4 rings (SSSR count). The molecule has 36 heavy (non-hydrogen) atoms. The van der Waals surface area contributed by atoms with Gasteiger partial charge in [-0.15, -0.1) is 0 Å². The molecule has 186 valence electrons. The van der Waals surface area contributed by atoms with Crippen molar-refractivity contribution in [2.75, 3.05) is 20.3 Å². The van der Waals surface area contributed by atoms with Crippen LogP contribution in [0.5, 0.6) is 17.2 Å². The first-order valence-electron chi connectivity index (χ1n) is 10.7. The van der Waals surface area contributed by atoms with Gasteiger partial charge in [0.15, 0.2) is 11.5 Å². The quantitative estimate of drug-likeness (QED) is 0.273. The molecule has 0 atom stereocenters. The molecule has 3 aromatic rings. The summed E-state index contributed by atoms with van der Waals surface area (Å²) in [6.45, 7) is 0.0536. The maximum Gasteiger partial charge on any atom is 0.293 e. The minimum atomic E-state index is -0.499. The molecule has 0 bridgehead atoms. The SMILES string of the molecule is COc1cccc(/C=C2\SC(=O)N(CCOc3ccc(Cl)cc3)C2=O)c1OCc1c(F)cccc1Cl. The monoisotopic (exact) mass is 547 g/mol. The molecule has 0 aliphatic carbocycles. The minimum absolute atomic E-state index is 0.0812. The fourth-order valence-electron chi connectivity index (χ4n) is 3.40. The molecule has 6 nitrogen and oxygen atoms in total. The molecule has 0 N–H and O–H groups in total. The summed E-state index contributed by atoms with van der Waals surface area (Å²) in [5, 5.41) is 0.402. The number of benzene rings is 3. The molecule has 1 fully saturated rings. The van der Waals surface area contributed by atoms with Crippen LogP contribution in [0.2, 0.25) is 10.0 Å². The summed E-state index contributed by atoms with van der Waals surface area (Å²) in [7, 11) is 1.47. The van der Waals surface area contributed by atoms with E-state index in [2.05, 4.69) is 0 Å². The lowest BCUT2D eigenvalue weighted by Crippen LogP contribution is -2.32. The van der Waals surface area contributed by atoms with Crippen molar-refractivity contribution in [3.05, 3.63) is 92.6 Å². The number of methoxy groups -OCH3 is 1. The van der Waals surface area contributed by atoms with E-state index in [9.17, 15) is 14.0 Å². The second-order valence-corrected chi connectivity index (χ2v) is 9.34. The van der Waals surface area contributed by atoms with E-state index >= 15 is 0 Å². The number of hydrogen-bond donors (Lipinski definition) is 0. The Bertz CT molecular complexity index is 1300. The molecule has 1 heterocycles. The van der Waals surface area contributed by atoms with Gasteiger partial charge < -0.3 is 14.2 Å². The van der Waals surface area contributed by atoms with Crippen LogP contribution in [0.25, 0.3) is 6.08 Å². The summed E-state index contributed by atoms with van der Waals surface area (Å²) in [4.78, 5) is 26.8. The highest BCUT2D eigenvalue weighted by Crippen LogP contribution is 2.38. The highest BCUT2D eigenvalue weighted by atomic mass is 35.5. The van der Waals surface area contributed by atoms with Crippen molar-refractivity contribution in [2.24, 2.45) is 0 Å². The highest BCUT2D eigenvalue weighted by Gasteiger charge is 2.35. The Morgan fingerprint density at radius 3 is 2.47 bits per heavy atom. The first-order valence-corrected chi connectivity index (χ1v) is 12.3. The third-order valence-electron chi connectivity index (χ3n) is 5.21. The lowest BCUT2D eigenvalue weighted by atomic mass is 10.1. The van der Waals surface area contributed by atoms with Gasteiger partial charge in [-0.25, -0.2) is 4.39 Å². The van der Waals surface area contributed by atoms with Gasteiger partial charge in [-0.3, -0.25) is 14.5 Å². The van der Waals surface area contributed by atoms with Crippen LogP contribution in [0, 0.1) is 5.82 Å². The van der Waals surface area contributed by atoms with Crippen LogP contribution < -0.4 is 14.2 Å². The number of ether oxygens (including phenoxy) is 3. The normalized spacial score (nSPS) is 14.4. The summed E-state index contributed by atoms with van der Waals surface area (Å²) in [5.74, 6) is 0.301. The van der Waals surface area contributed by atoms with Gasteiger partial charge in [-0.2, -0.15) is 0 Å². The van der Waals surface area contributed by atoms with E-state index in [1.165, 1.54) is 19.2 Å². The van der Waals surface area contributed by atoms with Gasteiger partial charge in [-0.1, -0.05) is 41.4 Å². The van der Waals surface area contributed by atoms with E-state index in [1.807, 2.05) is 0 Å².